The van der Waals surface area contributed by atoms with Crippen molar-refractivity contribution >= 4 is 39.0 Å². The molecule has 0 spiro atoms. The number of hydrogen-bond donors (Lipinski definition) is 0. The van der Waals surface area contributed by atoms with Gasteiger partial charge < -0.3 is 9.13 Å². The maximum atomic E-state index is 4.76. The first kappa shape index (κ1) is 30.3. The molecular weight excluding hydrogens is 609 g/mol. The molecule has 0 N–H and O–H groups in total. The second-order valence-corrected chi connectivity index (χ2v) is 14.7. The molecule has 4 nitrogen and oxygen atoms in total. The summed E-state index contributed by atoms with van der Waals surface area (Å²) in [5.41, 5.74) is 15.4. The van der Waals surface area contributed by atoms with E-state index in [-0.39, 0.29) is 10.8 Å². The minimum Gasteiger partial charge on any atom is -0.308 e. The zero-order valence-corrected chi connectivity index (χ0v) is 29.1. The van der Waals surface area contributed by atoms with Crippen molar-refractivity contribution in [2.24, 2.45) is 0 Å². The van der Waals surface area contributed by atoms with Crippen molar-refractivity contribution in [2.45, 2.75) is 51.4 Å². The summed E-state index contributed by atoms with van der Waals surface area (Å²) in [5.74, 6) is 0. The highest BCUT2D eigenvalue weighted by atomic mass is 15.0. The molecule has 50 heavy (non-hydrogen) atoms. The van der Waals surface area contributed by atoms with Crippen LogP contribution in [-0.2, 0) is 17.3 Å². The molecule has 4 aromatic heterocycles. The molecule has 0 atom stereocenters. The average Bonchev–Trinajstić information content (AvgIpc) is 3.68. The number of para-hydroxylation sites is 1. The van der Waals surface area contributed by atoms with Gasteiger partial charge in [0, 0.05) is 45.5 Å². The fourth-order valence-electron chi connectivity index (χ4n) is 8.07. The molecule has 0 saturated carbocycles. The van der Waals surface area contributed by atoms with Gasteiger partial charge >= 0.3 is 0 Å². The third-order valence-corrected chi connectivity index (χ3v) is 11.2. The molecular formula is C46H40N4. The standard InChI is InChI=1S/C46H40N4/c1-45(2,33-21-25-35(26-22-33)49-39-13-7-5-11-37(39)43-41(49)15-9-29-47-43)31-17-19-32(20-18-31)46(3,4)34-23-27-36(28-24-34)50-40-14-8-6-12-38(40)44-42(50)16-10-30-48-44/h5,7-11,13-30H,6,12H2,1-4H3. The van der Waals surface area contributed by atoms with Crippen molar-refractivity contribution in [3.05, 3.63) is 173 Å². The number of hydrogen-bond acceptors (Lipinski definition) is 2. The molecule has 0 fully saturated rings. The van der Waals surface area contributed by atoms with Gasteiger partial charge in [-0.25, -0.2) is 0 Å². The van der Waals surface area contributed by atoms with E-state index in [1.165, 1.54) is 55.6 Å². The van der Waals surface area contributed by atoms with Gasteiger partial charge in [0.1, 0.15) is 0 Å². The van der Waals surface area contributed by atoms with Gasteiger partial charge in [-0.1, -0.05) is 101 Å². The predicted molar refractivity (Wildman–Crippen MR) is 208 cm³/mol. The minimum atomic E-state index is -0.160. The van der Waals surface area contributed by atoms with E-state index in [0.29, 0.717) is 0 Å². The Morgan fingerprint density at radius 3 is 1.58 bits per heavy atom. The van der Waals surface area contributed by atoms with Crippen LogP contribution in [0.15, 0.2) is 140 Å². The lowest BCUT2D eigenvalue weighted by molar-refractivity contribution is 0.626. The molecule has 0 bridgehead atoms. The number of allylic oxidation sites excluding steroid dienone is 1. The van der Waals surface area contributed by atoms with E-state index in [0.717, 1.165) is 35.1 Å². The average molecular weight is 649 g/mol. The van der Waals surface area contributed by atoms with Gasteiger partial charge in [-0.2, -0.15) is 0 Å². The highest BCUT2D eigenvalue weighted by molar-refractivity contribution is 6.06. The van der Waals surface area contributed by atoms with E-state index in [2.05, 4.69) is 158 Å². The Kier molecular flexibility index (Phi) is 6.93. The number of aromatic nitrogens is 4. The van der Waals surface area contributed by atoms with Crippen molar-refractivity contribution in [3.8, 4) is 11.4 Å². The third kappa shape index (κ3) is 4.66. The molecule has 0 aliphatic heterocycles. The van der Waals surface area contributed by atoms with Crippen molar-refractivity contribution < 1.29 is 0 Å². The van der Waals surface area contributed by atoms with Gasteiger partial charge in [-0.05, 0) is 95.8 Å². The van der Waals surface area contributed by atoms with E-state index >= 15 is 0 Å². The van der Waals surface area contributed by atoms with Crippen LogP contribution in [-0.4, -0.2) is 19.1 Å². The van der Waals surface area contributed by atoms with Crippen LogP contribution in [0.3, 0.4) is 0 Å². The zero-order chi connectivity index (χ0) is 34.0. The van der Waals surface area contributed by atoms with Gasteiger partial charge in [0.05, 0.1) is 33.3 Å². The lowest BCUT2D eigenvalue weighted by atomic mass is 9.74. The van der Waals surface area contributed by atoms with Crippen LogP contribution < -0.4 is 0 Å². The topological polar surface area (TPSA) is 35.6 Å². The summed E-state index contributed by atoms with van der Waals surface area (Å²) >= 11 is 0. The van der Waals surface area contributed by atoms with Crippen molar-refractivity contribution in [3.63, 3.8) is 0 Å². The second-order valence-electron chi connectivity index (χ2n) is 14.7. The fraction of sp³-hybridized carbons (Fsp3) is 0.174. The molecule has 1 aliphatic carbocycles. The molecule has 9 rings (SSSR count). The van der Waals surface area contributed by atoms with Crippen LogP contribution in [0, 0.1) is 0 Å². The summed E-state index contributed by atoms with van der Waals surface area (Å²) in [6, 6.07) is 44.4. The van der Waals surface area contributed by atoms with Crippen LogP contribution >= 0.6 is 0 Å². The SMILES string of the molecule is CC(C)(c1ccc(-n2c3c(c4ncccc42)CCC=C3)cc1)c1ccc(C(C)(C)c2ccc(-n3c4ccccc4c4ncccc43)cc2)cc1. The molecule has 4 heteroatoms. The Morgan fingerprint density at radius 1 is 0.500 bits per heavy atom. The molecule has 4 heterocycles. The first-order valence-electron chi connectivity index (χ1n) is 17.6. The summed E-state index contributed by atoms with van der Waals surface area (Å²) in [5, 5.41) is 1.18. The first-order valence-corrected chi connectivity index (χ1v) is 17.6. The van der Waals surface area contributed by atoms with Crippen LogP contribution in [0.25, 0.3) is 50.4 Å². The molecule has 0 unspecified atom stereocenters. The Labute approximate surface area is 293 Å². The van der Waals surface area contributed by atoms with Crippen molar-refractivity contribution in [2.75, 3.05) is 0 Å². The van der Waals surface area contributed by atoms with Crippen LogP contribution in [0.4, 0.5) is 0 Å². The Hall–Kier alpha value is -5.74. The number of nitrogens with zero attached hydrogens (tertiary/aromatic N) is 4. The molecule has 1 aliphatic rings. The lowest BCUT2D eigenvalue weighted by Crippen LogP contribution is -2.21. The number of fused-ring (bicyclic) bond motifs is 6. The molecule has 4 aromatic carbocycles. The lowest BCUT2D eigenvalue weighted by Gasteiger charge is -2.30. The van der Waals surface area contributed by atoms with Gasteiger partial charge in [0.2, 0.25) is 0 Å². The molecule has 0 amide bonds. The van der Waals surface area contributed by atoms with E-state index in [1.807, 2.05) is 24.5 Å². The van der Waals surface area contributed by atoms with Gasteiger partial charge in [-0.3, -0.25) is 9.97 Å². The van der Waals surface area contributed by atoms with Crippen LogP contribution in [0.1, 0.15) is 67.6 Å². The van der Waals surface area contributed by atoms with Gasteiger partial charge in [0.15, 0.2) is 0 Å². The van der Waals surface area contributed by atoms with E-state index in [1.54, 1.807) is 0 Å². The maximum absolute atomic E-state index is 4.76. The molecule has 0 radical (unpaired) electrons. The summed E-state index contributed by atoms with van der Waals surface area (Å²) in [6.45, 7) is 9.29. The summed E-state index contributed by atoms with van der Waals surface area (Å²) in [7, 11) is 0. The van der Waals surface area contributed by atoms with Crippen molar-refractivity contribution in [1.29, 1.82) is 0 Å². The smallest absolute Gasteiger partial charge is 0.0963 e. The largest absolute Gasteiger partial charge is 0.308 e. The summed E-state index contributed by atoms with van der Waals surface area (Å²) < 4.78 is 4.69. The minimum absolute atomic E-state index is 0.153. The third-order valence-electron chi connectivity index (χ3n) is 11.2. The first-order chi connectivity index (χ1) is 24.3. The van der Waals surface area contributed by atoms with Crippen molar-refractivity contribution in [1.82, 2.24) is 19.1 Å². The Bertz CT molecular complexity index is 2510. The number of benzene rings is 4. The summed E-state index contributed by atoms with van der Waals surface area (Å²) in [6.07, 6.45) is 10.4. The van der Waals surface area contributed by atoms with E-state index < -0.39 is 0 Å². The molecule has 8 aromatic rings. The molecule has 244 valence electrons. The van der Waals surface area contributed by atoms with Gasteiger partial charge in [0.25, 0.3) is 0 Å². The van der Waals surface area contributed by atoms with E-state index in [9.17, 15) is 0 Å². The number of rotatable bonds is 6. The van der Waals surface area contributed by atoms with E-state index in [4.69, 9.17) is 9.97 Å². The Balaban J connectivity index is 0.991. The number of aryl methyl sites for hydroxylation is 1. The Morgan fingerprint density at radius 2 is 0.980 bits per heavy atom. The quantitative estimate of drug-likeness (QED) is 0.180. The predicted octanol–water partition coefficient (Wildman–Crippen LogP) is 11.1. The van der Waals surface area contributed by atoms with Crippen LogP contribution in [0.2, 0.25) is 0 Å². The highest BCUT2D eigenvalue weighted by Gasteiger charge is 2.27. The zero-order valence-electron chi connectivity index (χ0n) is 29.1. The monoisotopic (exact) mass is 648 g/mol. The second kappa shape index (κ2) is 11.4. The normalized spacial score (nSPS) is 13.4. The summed E-state index contributed by atoms with van der Waals surface area (Å²) in [4.78, 5) is 9.46. The van der Waals surface area contributed by atoms with Gasteiger partial charge in [-0.15, -0.1) is 0 Å². The fourth-order valence-corrected chi connectivity index (χ4v) is 8.07. The molecule has 0 saturated heterocycles. The maximum Gasteiger partial charge on any atom is 0.0963 e. The highest BCUT2D eigenvalue weighted by Crippen LogP contribution is 2.38. The van der Waals surface area contributed by atoms with Crippen LogP contribution in [0.5, 0.6) is 0 Å². The number of pyridine rings is 2.